The van der Waals surface area contributed by atoms with E-state index in [9.17, 15) is 0 Å². The lowest BCUT2D eigenvalue weighted by molar-refractivity contribution is 0.631. The Hall–Kier alpha value is -0.300. The van der Waals surface area contributed by atoms with E-state index in [2.05, 4.69) is 27.7 Å². The summed E-state index contributed by atoms with van der Waals surface area (Å²) < 4.78 is 0. The van der Waals surface area contributed by atoms with E-state index in [1.54, 1.807) is 20.9 Å². The van der Waals surface area contributed by atoms with Gasteiger partial charge in [0, 0.05) is 15.7 Å². The van der Waals surface area contributed by atoms with Crippen LogP contribution in [0.25, 0.3) is 0 Å². The number of rotatable bonds is 1. The van der Waals surface area contributed by atoms with Crippen LogP contribution >= 0.6 is 11.3 Å². The van der Waals surface area contributed by atoms with Gasteiger partial charge in [-0.3, -0.25) is 0 Å². The minimum absolute atomic E-state index is 0.811. The molecule has 11 heavy (non-hydrogen) atoms. The van der Waals surface area contributed by atoms with Gasteiger partial charge in [0.1, 0.15) is 0 Å². The molecule has 0 fully saturated rings. The highest BCUT2D eigenvalue weighted by atomic mass is 32.1. The minimum Gasteiger partial charge on any atom is -0.145 e. The van der Waals surface area contributed by atoms with Crippen molar-refractivity contribution in [3.63, 3.8) is 0 Å². The summed E-state index contributed by atoms with van der Waals surface area (Å²) in [6.45, 7) is 9.13. The molecule has 0 amide bonds. The van der Waals surface area contributed by atoms with Crippen molar-refractivity contribution in [3.8, 4) is 0 Å². The van der Waals surface area contributed by atoms with Gasteiger partial charge in [0.2, 0.25) is 0 Å². The van der Waals surface area contributed by atoms with Crippen LogP contribution in [0.2, 0.25) is 0 Å². The summed E-state index contributed by atoms with van der Waals surface area (Å²) in [4.78, 5) is 3.10. The zero-order valence-corrected chi connectivity index (χ0v) is 8.38. The predicted molar refractivity (Wildman–Crippen MR) is 50.5 cm³/mol. The fraction of sp³-hybridized carbons (Fsp3) is 0.600. The lowest BCUT2D eigenvalue weighted by atomic mass is 10.1. The zero-order valence-electron chi connectivity index (χ0n) is 7.56. The summed E-state index contributed by atoms with van der Waals surface area (Å²) in [7, 11) is 0. The average Bonchev–Trinajstić information content (AvgIpc) is 2.53. The smallest absolute Gasteiger partial charge is 0.0140 e. The second-order valence-corrected chi connectivity index (χ2v) is 5.19. The highest BCUT2D eigenvalue weighted by Crippen LogP contribution is 2.55. The summed E-state index contributed by atoms with van der Waals surface area (Å²) in [5.74, 6) is 1.64. The van der Waals surface area contributed by atoms with E-state index >= 15 is 0 Å². The van der Waals surface area contributed by atoms with Gasteiger partial charge in [0.15, 0.2) is 0 Å². The van der Waals surface area contributed by atoms with Gasteiger partial charge in [-0.25, -0.2) is 0 Å². The summed E-state index contributed by atoms with van der Waals surface area (Å²) in [6.07, 6.45) is 0. The summed E-state index contributed by atoms with van der Waals surface area (Å²) in [5, 5.41) is 0. The van der Waals surface area contributed by atoms with Crippen LogP contribution < -0.4 is 0 Å². The highest BCUT2D eigenvalue weighted by molar-refractivity contribution is 7.12. The molecule has 0 atom stereocenters. The van der Waals surface area contributed by atoms with Crippen LogP contribution in [0, 0.1) is 19.8 Å². The molecule has 1 aromatic heterocycles. The van der Waals surface area contributed by atoms with Crippen LogP contribution in [-0.4, -0.2) is 0 Å². The largest absolute Gasteiger partial charge is 0.145 e. The van der Waals surface area contributed by atoms with E-state index in [4.69, 9.17) is 0 Å². The topological polar surface area (TPSA) is 0 Å². The third-order valence-corrected chi connectivity index (χ3v) is 3.61. The van der Waals surface area contributed by atoms with E-state index < -0.39 is 0 Å². The Labute approximate surface area is 72.3 Å². The van der Waals surface area contributed by atoms with Crippen molar-refractivity contribution in [2.75, 3.05) is 0 Å². The quantitative estimate of drug-likeness (QED) is 0.599. The van der Waals surface area contributed by atoms with Crippen LogP contribution in [0.1, 0.15) is 40.6 Å². The van der Waals surface area contributed by atoms with Crippen LogP contribution in [0.5, 0.6) is 0 Å². The second-order valence-electron chi connectivity index (χ2n) is 3.76. The molecule has 1 aromatic rings. The predicted octanol–water partition coefficient (Wildman–Crippen LogP) is 3.47. The number of aryl methyl sites for hydroxylation is 2. The molecular formula is C10H14S. The third kappa shape index (κ3) is 0.871. The Kier molecular flexibility index (Phi) is 1.40. The van der Waals surface area contributed by atoms with Crippen molar-refractivity contribution >= 4 is 11.3 Å². The molecule has 2 rings (SSSR count). The molecule has 0 bridgehead atoms. The van der Waals surface area contributed by atoms with Gasteiger partial charge in [-0.05, 0) is 30.9 Å². The van der Waals surface area contributed by atoms with Crippen molar-refractivity contribution in [2.45, 2.75) is 33.6 Å². The first kappa shape index (κ1) is 7.35. The molecule has 1 aliphatic rings. The van der Waals surface area contributed by atoms with Gasteiger partial charge in [-0.1, -0.05) is 13.8 Å². The van der Waals surface area contributed by atoms with Crippen LogP contribution in [0.3, 0.4) is 0 Å². The maximum atomic E-state index is 2.31. The maximum Gasteiger partial charge on any atom is 0.0140 e. The summed E-state index contributed by atoms with van der Waals surface area (Å²) in [5.41, 5.74) is 3.34. The monoisotopic (exact) mass is 166 g/mol. The van der Waals surface area contributed by atoms with Crippen LogP contribution in [-0.2, 0) is 0 Å². The fourth-order valence-corrected chi connectivity index (χ4v) is 3.22. The zero-order chi connectivity index (χ0) is 8.17. The Balaban J connectivity index is 2.37. The Morgan fingerprint density at radius 2 is 1.55 bits per heavy atom. The van der Waals surface area contributed by atoms with Crippen molar-refractivity contribution in [1.82, 2.24) is 0 Å². The van der Waals surface area contributed by atoms with E-state index in [0.717, 1.165) is 11.8 Å². The molecule has 0 saturated carbocycles. The van der Waals surface area contributed by atoms with Crippen LogP contribution in [0.4, 0.5) is 0 Å². The molecule has 0 nitrogen and oxygen atoms in total. The van der Waals surface area contributed by atoms with Crippen molar-refractivity contribution < 1.29 is 0 Å². The first-order valence-electron chi connectivity index (χ1n) is 4.22. The molecule has 1 heterocycles. The van der Waals surface area contributed by atoms with Gasteiger partial charge < -0.3 is 0 Å². The number of thiophene rings is 1. The van der Waals surface area contributed by atoms with Gasteiger partial charge in [-0.2, -0.15) is 0 Å². The molecule has 0 N–H and O–H groups in total. The molecule has 0 radical (unpaired) electrons. The average molecular weight is 166 g/mol. The minimum atomic E-state index is 0.811. The maximum absolute atomic E-state index is 2.31. The second kappa shape index (κ2) is 2.10. The molecule has 0 aromatic carbocycles. The van der Waals surface area contributed by atoms with E-state index in [1.807, 2.05) is 11.3 Å². The molecule has 60 valence electrons. The van der Waals surface area contributed by atoms with Crippen LogP contribution in [0.15, 0.2) is 0 Å². The Morgan fingerprint density at radius 1 is 1.09 bits per heavy atom. The van der Waals surface area contributed by atoms with Crippen molar-refractivity contribution in [2.24, 2.45) is 5.92 Å². The third-order valence-electron chi connectivity index (χ3n) is 2.56. The van der Waals surface area contributed by atoms with Crippen molar-refractivity contribution in [1.29, 1.82) is 0 Å². The molecular weight excluding hydrogens is 152 g/mol. The Bertz CT molecular complexity index is 270. The first-order valence-corrected chi connectivity index (χ1v) is 5.04. The van der Waals surface area contributed by atoms with Gasteiger partial charge in [-0.15, -0.1) is 11.3 Å². The standard InChI is InChI=1S/C10H14S/c1-5(2)8-9-6(3)11-7(4)10(8)9/h5,8H,1-4H3. The summed E-state index contributed by atoms with van der Waals surface area (Å²) >= 11 is 1.96. The molecule has 0 spiro atoms. The molecule has 1 heteroatoms. The fourth-order valence-electron chi connectivity index (χ4n) is 2.06. The molecule has 0 unspecified atom stereocenters. The normalized spacial score (nSPS) is 15.7. The first-order chi connectivity index (χ1) is 5.13. The SMILES string of the molecule is Cc1sc(C)c2c1C2C(C)C. The number of hydrogen-bond acceptors (Lipinski definition) is 1. The highest BCUT2D eigenvalue weighted by Gasteiger charge is 2.40. The number of fused-ring (bicyclic) bond motifs is 1. The number of hydrogen-bond donors (Lipinski definition) is 0. The van der Waals surface area contributed by atoms with E-state index in [-0.39, 0.29) is 0 Å². The lowest BCUT2D eigenvalue weighted by Crippen LogP contribution is -1.89. The summed E-state index contributed by atoms with van der Waals surface area (Å²) in [6, 6.07) is 0. The Morgan fingerprint density at radius 3 is 1.82 bits per heavy atom. The molecule has 1 aliphatic carbocycles. The van der Waals surface area contributed by atoms with Gasteiger partial charge in [0.25, 0.3) is 0 Å². The molecule has 0 saturated heterocycles. The van der Waals surface area contributed by atoms with E-state index in [1.165, 1.54) is 0 Å². The lowest BCUT2D eigenvalue weighted by Gasteiger charge is -2.02. The van der Waals surface area contributed by atoms with Gasteiger partial charge in [0.05, 0.1) is 0 Å². The molecule has 0 aliphatic heterocycles. The van der Waals surface area contributed by atoms with E-state index in [0.29, 0.717) is 0 Å². The van der Waals surface area contributed by atoms with Gasteiger partial charge >= 0.3 is 0 Å². The van der Waals surface area contributed by atoms with Crippen molar-refractivity contribution in [3.05, 3.63) is 20.9 Å².